The number of hydrogen-bond acceptors (Lipinski definition) is 5. The van der Waals surface area contributed by atoms with Crippen LogP contribution in [0.4, 0.5) is 0 Å². The molecule has 2 atom stereocenters. The van der Waals surface area contributed by atoms with Crippen LogP contribution in [0.5, 0.6) is 0 Å². The van der Waals surface area contributed by atoms with E-state index in [9.17, 15) is 21.9 Å². The van der Waals surface area contributed by atoms with E-state index in [1.54, 1.807) is 0 Å². The van der Waals surface area contributed by atoms with Gasteiger partial charge in [-0.1, -0.05) is 12.8 Å². The van der Waals surface area contributed by atoms with E-state index in [-0.39, 0.29) is 17.4 Å². The Morgan fingerprint density at radius 1 is 1.15 bits per heavy atom. The molecule has 1 aliphatic carbocycles. The van der Waals surface area contributed by atoms with Crippen LogP contribution in [0.15, 0.2) is 0 Å². The average Bonchev–Trinajstić information content (AvgIpc) is 2.34. The first kappa shape index (κ1) is 16.2. The van der Waals surface area contributed by atoms with E-state index in [4.69, 9.17) is 0 Å². The van der Waals surface area contributed by atoms with Crippen LogP contribution in [0.1, 0.15) is 32.1 Å². The minimum Gasteiger partial charge on any atom is -0.390 e. The topological polar surface area (TPSA) is 91.8 Å². The summed E-state index contributed by atoms with van der Waals surface area (Å²) in [6, 6.07) is 0. The lowest BCUT2D eigenvalue weighted by molar-refractivity contribution is -0.0816. The Labute approximate surface area is 121 Å². The molecule has 118 valence electrons. The lowest BCUT2D eigenvalue weighted by Crippen LogP contribution is -2.55. The number of aliphatic hydroxyl groups is 1. The van der Waals surface area contributed by atoms with Crippen LogP contribution >= 0.6 is 0 Å². The summed E-state index contributed by atoms with van der Waals surface area (Å²) in [5, 5.41) is 10.5. The maximum absolute atomic E-state index is 12.2. The summed E-state index contributed by atoms with van der Waals surface area (Å²) in [4.78, 5) is 0. The van der Waals surface area contributed by atoms with Crippen LogP contribution in [-0.2, 0) is 19.9 Å². The zero-order valence-corrected chi connectivity index (χ0v) is 13.4. The lowest BCUT2D eigenvalue weighted by Gasteiger charge is -2.46. The summed E-state index contributed by atoms with van der Waals surface area (Å²) in [6.45, 7) is 0.613. The van der Waals surface area contributed by atoms with Gasteiger partial charge in [0.25, 0.3) is 0 Å². The highest BCUT2D eigenvalue weighted by molar-refractivity contribution is 7.93. The van der Waals surface area contributed by atoms with Gasteiger partial charge >= 0.3 is 0 Å². The molecule has 1 heterocycles. The van der Waals surface area contributed by atoms with Gasteiger partial charge in [-0.15, -0.1) is 0 Å². The molecule has 0 aromatic rings. The highest BCUT2D eigenvalue weighted by Crippen LogP contribution is 2.40. The molecule has 0 radical (unpaired) electrons. The summed E-state index contributed by atoms with van der Waals surface area (Å²) >= 11 is 0. The van der Waals surface area contributed by atoms with Crippen LogP contribution < -0.4 is 0 Å². The van der Waals surface area contributed by atoms with Crippen LogP contribution in [0.25, 0.3) is 0 Å². The van der Waals surface area contributed by atoms with Crippen molar-refractivity contribution in [3.05, 3.63) is 0 Å². The maximum atomic E-state index is 12.2. The van der Waals surface area contributed by atoms with Crippen molar-refractivity contribution in [2.24, 2.45) is 5.92 Å². The first-order chi connectivity index (χ1) is 9.12. The molecule has 0 aromatic carbocycles. The Hall–Kier alpha value is -0.180. The molecule has 2 fully saturated rings. The van der Waals surface area contributed by atoms with Crippen molar-refractivity contribution in [3.8, 4) is 0 Å². The number of piperidine rings is 1. The van der Waals surface area contributed by atoms with Gasteiger partial charge in [0.05, 0.1) is 17.1 Å². The minimum atomic E-state index is -3.55. The van der Waals surface area contributed by atoms with Gasteiger partial charge < -0.3 is 5.11 Å². The fraction of sp³-hybridized carbons (Fsp3) is 1.00. The predicted octanol–water partition coefficient (Wildman–Crippen LogP) is -0.0122. The smallest absolute Gasteiger partial charge is 0.215 e. The Bertz CT molecular complexity index is 556. The fourth-order valence-corrected chi connectivity index (χ4v) is 6.27. The monoisotopic (exact) mass is 325 g/mol. The second-order valence-corrected chi connectivity index (χ2v) is 10.4. The number of nitrogens with zero attached hydrogens (tertiary/aromatic N) is 1. The summed E-state index contributed by atoms with van der Waals surface area (Å²) in [5.41, 5.74) is -0.721. The molecule has 8 heteroatoms. The van der Waals surface area contributed by atoms with E-state index >= 15 is 0 Å². The minimum absolute atomic E-state index is 0.0157. The first-order valence-corrected chi connectivity index (χ1v) is 10.7. The average molecular weight is 325 g/mol. The van der Waals surface area contributed by atoms with Crippen molar-refractivity contribution in [2.75, 3.05) is 30.9 Å². The molecular weight excluding hydrogens is 302 g/mol. The zero-order chi connectivity index (χ0) is 15.0. The number of rotatable bonds is 4. The van der Waals surface area contributed by atoms with Crippen molar-refractivity contribution in [1.29, 1.82) is 0 Å². The second kappa shape index (κ2) is 5.55. The maximum Gasteiger partial charge on any atom is 0.215 e. The van der Waals surface area contributed by atoms with Crippen LogP contribution in [0.2, 0.25) is 0 Å². The van der Waals surface area contributed by atoms with E-state index in [2.05, 4.69) is 0 Å². The van der Waals surface area contributed by atoms with E-state index in [1.165, 1.54) is 4.31 Å². The van der Waals surface area contributed by atoms with Crippen molar-refractivity contribution in [2.45, 2.75) is 37.7 Å². The van der Waals surface area contributed by atoms with Crippen molar-refractivity contribution in [1.82, 2.24) is 4.31 Å². The van der Waals surface area contributed by atoms with Crippen molar-refractivity contribution in [3.63, 3.8) is 0 Å². The molecule has 2 rings (SSSR count). The van der Waals surface area contributed by atoms with Crippen LogP contribution in [0, 0.1) is 5.92 Å². The Balaban J connectivity index is 2.03. The van der Waals surface area contributed by atoms with Crippen LogP contribution in [-0.4, -0.2) is 62.7 Å². The van der Waals surface area contributed by atoms with E-state index in [1.807, 2.05) is 0 Å². The molecular formula is C12H23NO5S2. The summed E-state index contributed by atoms with van der Waals surface area (Å²) in [5.74, 6) is -0.726. The van der Waals surface area contributed by atoms with Gasteiger partial charge in [-0.2, -0.15) is 0 Å². The third kappa shape index (κ3) is 3.72. The first-order valence-electron chi connectivity index (χ1n) is 7.00. The SMILES string of the molecule is CS(=O)(=O)CCS(=O)(=O)N1CCC2(O)CCCCC2C1. The molecule has 1 saturated carbocycles. The highest BCUT2D eigenvalue weighted by atomic mass is 32.2. The third-order valence-electron chi connectivity index (χ3n) is 4.50. The van der Waals surface area contributed by atoms with Gasteiger partial charge in [-0.3, -0.25) is 0 Å². The van der Waals surface area contributed by atoms with E-state index in [0.29, 0.717) is 19.5 Å². The summed E-state index contributed by atoms with van der Waals surface area (Å²) in [7, 11) is -6.84. The molecule has 2 aliphatic rings. The number of sulfone groups is 1. The molecule has 1 aliphatic heterocycles. The Kier molecular flexibility index (Phi) is 4.49. The molecule has 0 bridgehead atoms. The summed E-state index contributed by atoms with van der Waals surface area (Å²) < 4.78 is 48.0. The van der Waals surface area contributed by atoms with Gasteiger partial charge in [0.1, 0.15) is 9.84 Å². The van der Waals surface area contributed by atoms with Gasteiger partial charge in [0.15, 0.2) is 0 Å². The van der Waals surface area contributed by atoms with Crippen molar-refractivity contribution >= 4 is 19.9 Å². The molecule has 2 unspecified atom stereocenters. The molecule has 1 N–H and O–H groups in total. The quantitative estimate of drug-likeness (QED) is 0.785. The van der Waals surface area contributed by atoms with Crippen molar-refractivity contribution < 1.29 is 21.9 Å². The number of sulfonamides is 1. The predicted molar refractivity (Wildman–Crippen MR) is 76.6 cm³/mol. The largest absolute Gasteiger partial charge is 0.390 e. The zero-order valence-electron chi connectivity index (χ0n) is 11.8. The molecule has 20 heavy (non-hydrogen) atoms. The van der Waals surface area contributed by atoms with Gasteiger partial charge in [0.2, 0.25) is 10.0 Å². The number of hydrogen-bond donors (Lipinski definition) is 1. The van der Waals surface area contributed by atoms with Gasteiger partial charge in [0, 0.05) is 25.3 Å². The normalized spacial score (nSPS) is 32.8. The second-order valence-electron chi connectivity index (χ2n) is 6.10. The standard InChI is InChI=1S/C12H23NO5S2/c1-19(15,16)8-9-20(17,18)13-7-6-12(14)5-3-2-4-11(12)10-13/h11,14H,2-10H2,1H3. The number of fused-ring (bicyclic) bond motifs is 1. The molecule has 0 spiro atoms. The highest BCUT2D eigenvalue weighted by Gasteiger charge is 2.45. The molecule has 6 nitrogen and oxygen atoms in total. The molecule has 0 amide bonds. The fourth-order valence-electron chi connectivity index (χ4n) is 3.18. The third-order valence-corrected chi connectivity index (χ3v) is 7.54. The van der Waals surface area contributed by atoms with Gasteiger partial charge in [-0.25, -0.2) is 21.1 Å². The van der Waals surface area contributed by atoms with Crippen LogP contribution in [0.3, 0.4) is 0 Å². The van der Waals surface area contributed by atoms with Gasteiger partial charge in [-0.05, 0) is 19.3 Å². The van der Waals surface area contributed by atoms with E-state index in [0.717, 1.165) is 31.9 Å². The Morgan fingerprint density at radius 2 is 1.85 bits per heavy atom. The van der Waals surface area contributed by atoms with E-state index < -0.39 is 25.5 Å². The summed E-state index contributed by atoms with van der Waals surface area (Å²) in [6.07, 6.45) is 5.09. The Morgan fingerprint density at radius 3 is 2.50 bits per heavy atom. The molecule has 1 saturated heterocycles. The molecule has 0 aromatic heterocycles. The lowest BCUT2D eigenvalue weighted by atomic mass is 9.72.